The average molecular weight is 629 g/mol. The number of aryl methyl sites for hydroxylation is 2. The number of unbranched alkanes of at least 4 members (excludes halogenated alkanes) is 6. The van der Waals surface area contributed by atoms with Crippen LogP contribution in [0.25, 0.3) is 0 Å². The first kappa shape index (κ1) is 32.4. The topological polar surface area (TPSA) is 26.2 Å². The zero-order valence-electron chi connectivity index (χ0n) is 26.1. The summed E-state index contributed by atoms with van der Waals surface area (Å²) in [5.41, 5.74) is 5.45. The molecule has 0 N–H and O–H groups in total. The van der Waals surface area contributed by atoms with Crippen LogP contribution in [-0.4, -0.2) is 13.2 Å². The molecular formula is C38H48N2O2S2+2. The number of thioether (sulfide) groups is 2. The molecule has 0 saturated heterocycles. The van der Waals surface area contributed by atoms with Crippen LogP contribution >= 0.6 is 23.5 Å². The van der Waals surface area contributed by atoms with E-state index < -0.39 is 0 Å². The first-order valence-corrected chi connectivity index (χ1v) is 18.7. The molecule has 0 atom stereocenters. The van der Waals surface area contributed by atoms with Crippen molar-refractivity contribution >= 4 is 23.5 Å². The fraction of sp³-hybridized carbons (Fsp3) is 0.421. The van der Waals surface area contributed by atoms with Crippen molar-refractivity contribution in [3.63, 3.8) is 0 Å². The van der Waals surface area contributed by atoms with Crippen molar-refractivity contribution < 1.29 is 18.6 Å². The predicted octanol–water partition coefficient (Wildman–Crippen LogP) is 8.72. The first-order chi connectivity index (χ1) is 21.8. The Balaban J connectivity index is 1.02. The zero-order valence-corrected chi connectivity index (χ0v) is 27.7. The smallest absolute Gasteiger partial charge is 0.168 e. The van der Waals surface area contributed by atoms with E-state index in [0.717, 1.165) is 73.7 Å². The second kappa shape index (κ2) is 18.8. The van der Waals surface area contributed by atoms with Gasteiger partial charge in [0, 0.05) is 60.1 Å². The fourth-order valence-corrected chi connectivity index (χ4v) is 7.39. The monoisotopic (exact) mass is 628 g/mol. The number of rotatable bonds is 16. The van der Waals surface area contributed by atoms with Crippen LogP contribution in [0.15, 0.2) is 97.6 Å². The molecule has 4 nitrogen and oxygen atoms in total. The summed E-state index contributed by atoms with van der Waals surface area (Å²) in [6.07, 6.45) is 18.1. The molecule has 0 saturated carbocycles. The minimum absolute atomic E-state index is 0.793. The molecule has 6 heteroatoms. The number of ether oxygens (including phenoxy) is 2. The molecule has 4 bridgehead atoms. The summed E-state index contributed by atoms with van der Waals surface area (Å²) in [6.45, 7) is 3.77. The van der Waals surface area contributed by atoms with Crippen LogP contribution in [0.5, 0.6) is 11.5 Å². The van der Waals surface area contributed by atoms with Gasteiger partial charge in [0.15, 0.2) is 24.8 Å². The molecule has 5 rings (SSSR count). The summed E-state index contributed by atoms with van der Waals surface area (Å²) < 4.78 is 17.0. The first-order valence-electron chi connectivity index (χ1n) is 16.4. The Morgan fingerprint density at radius 2 is 0.795 bits per heavy atom. The lowest BCUT2D eigenvalue weighted by atomic mass is 10.1. The molecule has 232 valence electrons. The van der Waals surface area contributed by atoms with Crippen molar-refractivity contribution in [1.82, 2.24) is 0 Å². The molecule has 44 heavy (non-hydrogen) atoms. The largest absolute Gasteiger partial charge is 0.494 e. The van der Waals surface area contributed by atoms with E-state index in [1.807, 2.05) is 23.5 Å². The minimum Gasteiger partial charge on any atom is -0.494 e. The van der Waals surface area contributed by atoms with E-state index in [2.05, 4.69) is 107 Å². The van der Waals surface area contributed by atoms with Crippen molar-refractivity contribution in [2.45, 2.75) is 87.5 Å². The third-order valence-corrected chi connectivity index (χ3v) is 9.99. The van der Waals surface area contributed by atoms with Crippen molar-refractivity contribution in [2.24, 2.45) is 0 Å². The molecule has 0 amide bonds. The van der Waals surface area contributed by atoms with Crippen LogP contribution in [-0.2, 0) is 36.1 Å². The summed E-state index contributed by atoms with van der Waals surface area (Å²) in [5.74, 6) is 6.04. The van der Waals surface area contributed by atoms with Gasteiger partial charge >= 0.3 is 0 Å². The van der Waals surface area contributed by atoms with Gasteiger partial charge in [-0.1, -0.05) is 24.3 Å². The quantitative estimate of drug-likeness (QED) is 0.0916. The lowest BCUT2D eigenvalue weighted by Gasteiger charge is -2.15. The van der Waals surface area contributed by atoms with Gasteiger partial charge in [-0.15, -0.1) is 0 Å². The Kier molecular flexibility index (Phi) is 13.8. The van der Waals surface area contributed by atoms with Gasteiger partial charge in [-0.2, -0.15) is 23.5 Å². The Hall–Kier alpha value is -2.96. The molecule has 0 unspecified atom stereocenters. The molecular weight excluding hydrogens is 581 g/mol. The SMILES string of the molecule is c1cc[n+](CCCCCCOc2cc3cc(c2)CSCc2cc(cc(OCCCCCC[n+]4ccccc4)c2)CSC3)cc1. The minimum atomic E-state index is 0.793. The maximum absolute atomic E-state index is 6.26. The van der Waals surface area contributed by atoms with Crippen molar-refractivity contribution in [3.05, 3.63) is 120 Å². The summed E-state index contributed by atoms with van der Waals surface area (Å²) >= 11 is 3.96. The van der Waals surface area contributed by atoms with Crippen molar-refractivity contribution in [1.29, 1.82) is 0 Å². The summed E-state index contributed by atoms with van der Waals surface area (Å²) in [5, 5.41) is 0. The molecule has 4 aromatic rings. The van der Waals surface area contributed by atoms with Gasteiger partial charge < -0.3 is 9.47 Å². The second-order valence-corrected chi connectivity index (χ2v) is 13.7. The number of hydrogen-bond acceptors (Lipinski definition) is 4. The van der Waals surface area contributed by atoms with E-state index in [1.54, 1.807) is 0 Å². The van der Waals surface area contributed by atoms with Gasteiger partial charge in [0.25, 0.3) is 0 Å². The lowest BCUT2D eigenvalue weighted by molar-refractivity contribution is -0.697. The molecule has 0 fully saturated rings. The highest BCUT2D eigenvalue weighted by Gasteiger charge is 2.09. The zero-order chi connectivity index (χ0) is 30.1. The van der Waals surface area contributed by atoms with Gasteiger partial charge in [-0.25, -0.2) is 9.13 Å². The van der Waals surface area contributed by atoms with Crippen molar-refractivity contribution in [3.8, 4) is 11.5 Å². The third-order valence-electron chi connectivity index (χ3n) is 7.84. The van der Waals surface area contributed by atoms with Crippen LogP contribution in [0, 0.1) is 0 Å². The molecule has 1 aliphatic rings. The van der Waals surface area contributed by atoms with E-state index in [0.29, 0.717) is 0 Å². The summed E-state index contributed by atoms with van der Waals surface area (Å²) in [4.78, 5) is 0. The van der Waals surface area contributed by atoms with Crippen LogP contribution in [0.2, 0.25) is 0 Å². The molecule has 1 aliphatic heterocycles. The Morgan fingerprint density at radius 1 is 0.432 bits per heavy atom. The molecule has 2 aromatic carbocycles. The van der Waals surface area contributed by atoms with Crippen LogP contribution < -0.4 is 18.6 Å². The van der Waals surface area contributed by atoms with Gasteiger partial charge in [0.05, 0.1) is 13.2 Å². The molecule has 2 aromatic heterocycles. The number of aromatic nitrogens is 2. The Labute approximate surface area is 273 Å². The molecule has 0 spiro atoms. The third kappa shape index (κ3) is 11.9. The van der Waals surface area contributed by atoms with E-state index in [9.17, 15) is 0 Å². The summed E-state index contributed by atoms with van der Waals surface area (Å²) in [6, 6.07) is 26.3. The Bertz CT molecular complexity index is 1230. The highest BCUT2D eigenvalue weighted by molar-refractivity contribution is 7.98. The van der Waals surface area contributed by atoms with Crippen molar-refractivity contribution in [2.75, 3.05) is 13.2 Å². The second-order valence-electron chi connectivity index (χ2n) is 11.7. The average Bonchev–Trinajstić information content (AvgIpc) is 3.04. The van der Waals surface area contributed by atoms with Gasteiger partial charge in [-0.3, -0.25) is 0 Å². The number of hydrogen-bond donors (Lipinski definition) is 0. The fourth-order valence-electron chi connectivity index (χ4n) is 5.58. The lowest BCUT2D eigenvalue weighted by Crippen LogP contribution is -2.32. The molecule has 0 radical (unpaired) electrons. The predicted molar refractivity (Wildman–Crippen MR) is 184 cm³/mol. The molecule has 3 heterocycles. The number of nitrogens with zero attached hydrogens (tertiary/aromatic N) is 2. The maximum Gasteiger partial charge on any atom is 0.168 e. The maximum atomic E-state index is 6.26. The molecule has 0 aliphatic carbocycles. The highest BCUT2D eigenvalue weighted by Crippen LogP contribution is 2.30. The van der Waals surface area contributed by atoms with Crippen LogP contribution in [0.4, 0.5) is 0 Å². The summed E-state index contributed by atoms with van der Waals surface area (Å²) in [7, 11) is 0. The van der Waals surface area contributed by atoms with Crippen LogP contribution in [0.3, 0.4) is 0 Å². The standard InChI is InChI=1S/C38H48N2O2S2/c1(7-15-39-17-9-5-10-18-39)3-13-21-41-37-25-33-23-34(26-37)30-44-32-36-24-35(31-43-29-33)27-38(28-36)42-22-14-4-2-8-16-40-19-11-6-12-20-40/h5-6,9-12,17-20,23-28H,1-4,7-8,13-16,21-22,29-32H2/q+2. The van der Waals surface area contributed by atoms with Gasteiger partial charge in [0.1, 0.15) is 24.6 Å². The van der Waals surface area contributed by atoms with E-state index >= 15 is 0 Å². The van der Waals surface area contributed by atoms with Crippen LogP contribution in [0.1, 0.15) is 73.6 Å². The highest BCUT2D eigenvalue weighted by atomic mass is 32.2. The normalized spacial score (nSPS) is 13.1. The number of pyridine rings is 2. The number of fused-ring (bicyclic) bond motifs is 4. The Morgan fingerprint density at radius 3 is 1.18 bits per heavy atom. The van der Waals surface area contributed by atoms with E-state index in [1.165, 1.54) is 60.8 Å². The van der Waals surface area contributed by atoms with Gasteiger partial charge in [0.2, 0.25) is 0 Å². The number of benzene rings is 2. The van der Waals surface area contributed by atoms with E-state index in [-0.39, 0.29) is 0 Å². The van der Waals surface area contributed by atoms with Gasteiger partial charge in [-0.05, 0) is 85.0 Å². The van der Waals surface area contributed by atoms with E-state index in [4.69, 9.17) is 9.47 Å².